The summed E-state index contributed by atoms with van der Waals surface area (Å²) < 4.78 is 13.5. The highest BCUT2D eigenvalue weighted by molar-refractivity contribution is 9.10. The minimum absolute atomic E-state index is 0.206. The van der Waals surface area contributed by atoms with Gasteiger partial charge in [-0.25, -0.2) is 4.39 Å². The molecule has 1 N–H and O–H groups in total. The molecule has 0 atom stereocenters. The largest absolute Gasteiger partial charge is 0.316 e. The van der Waals surface area contributed by atoms with Crippen molar-refractivity contribution in [2.45, 2.75) is 12.8 Å². The van der Waals surface area contributed by atoms with Crippen LogP contribution in [0.3, 0.4) is 0 Å². The van der Waals surface area contributed by atoms with Crippen molar-refractivity contribution in [3.63, 3.8) is 0 Å². The van der Waals surface area contributed by atoms with Crippen molar-refractivity contribution in [2.24, 2.45) is 0 Å². The van der Waals surface area contributed by atoms with Crippen LogP contribution in [0.15, 0.2) is 28.2 Å². The summed E-state index contributed by atoms with van der Waals surface area (Å²) in [6, 6.07) is 5.14. The van der Waals surface area contributed by atoms with Gasteiger partial charge in [-0.1, -0.05) is 17.7 Å². The molecule has 0 aromatic heterocycles. The average Bonchev–Trinajstić information content (AvgIpc) is 2.25. The number of rotatable bonds is 1. The average molecular weight is 270 g/mol. The standard InChI is InChI=1S/C12H13BrFN/c13-11-8-10(1-2-12(11)14)7-9-3-5-15-6-4-9/h1-2,7-8,15H,3-6H2. The Bertz CT molecular complexity index is 379. The van der Waals surface area contributed by atoms with E-state index >= 15 is 0 Å². The van der Waals surface area contributed by atoms with Crippen LogP contribution in [0.5, 0.6) is 0 Å². The van der Waals surface area contributed by atoms with Crippen LogP contribution < -0.4 is 5.32 Å². The molecule has 0 aliphatic carbocycles. The van der Waals surface area contributed by atoms with E-state index in [1.807, 2.05) is 12.1 Å². The van der Waals surface area contributed by atoms with Gasteiger partial charge in [0.15, 0.2) is 0 Å². The zero-order valence-electron chi connectivity index (χ0n) is 8.39. The van der Waals surface area contributed by atoms with Crippen molar-refractivity contribution in [2.75, 3.05) is 13.1 Å². The lowest BCUT2D eigenvalue weighted by Gasteiger charge is -2.15. The predicted octanol–water partition coefficient (Wildman–Crippen LogP) is 3.36. The molecular weight excluding hydrogens is 257 g/mol. The Labute approximate surface area is 97.5 Å². The number of hydrogen-bond donors (Lipinski definition) is 1. The first kappa shape index (κ1) is 10.8. The normalized spacial score (nSPS) is 16.5. The molecule has 1 aliphatic rings. The van der Waals surface area contributed by atoms with Crippen LogP contribution in [-0.2, 0) is 0 Å². The molecule has 1 fully saturated rings. The van der Waals surface area contributed by atoms with Crippen molar-refractivity contribution in [1.29, 1.82) is 0 Å². The van der Waals surface area contributed by atoms with Crippen molar-refractivity contribution in [3.05, 3.63) is 39.6 Å². The van der Waals surface area contributed by atoms with Gasteiger partial charge in [-0.2, -0.15) is 0 Å². The van der Waals surface area contributed by atoms with Gasteiger partial charge in [0.05, 0.1) is 4.47 Å². The highest BCUT2D eigenvalue weighted by Gasteiger charge is 2.05. The van der Waals surface area contributed by atoms with Crippen LogP contribution in [0.25, 0.3) is 6.08 Å². The third-order valence-corrected chi connectivity index (χ3v) is 3.17. The van der Waals surface area contributed by atoms with Gasteiger partial charge in [0.25, 0.3) is 0 Å². The molecule has 0 radical (unpaired) electrons. The van der Waals surface area contributed by atoms with Crippen molar-refractivity contribution in [1.82, 2.24) is 5.32 Å². The molecule has 1 heterocycles. The number of nitrogens with one attached hydrogen (secondary N) is 1. The predicted molar refractivity (Wildman–Crippen MR) is 64.2 cm³/mol. The molecule has 1 aliphatic heterocycles. The summed E-state index contributed by atoms with van der Waals surface area (Å²) in [4.78, 5) is 0. The van der Waals surface area contributed by atoms with E-state index in [0.29, 0.717) is 4.47 Å². The van der Waals surface area contributed by atoms with E-state index in [2.05, 4.69) is 27.3 Å². The first-order chi connectivity index (χ1) is 7.25. The van der Waals surface area contributed by atoms with E-state index in [1.54, 1.807) is 0 Å². The molecule has 1 saturated heterocycles. The topological polar surface area (TPSA) is 12.0 Å². The Kier molecular flexibility index (Phi) is 3.54. The second-order valence-electron chi connectivity index (χ2n) is 3.73. The fourth-order valence-electron chi connectivity index (χ4n) is 1.73. The maximum atomic E-state index is 13.0. The van der Waals surface area contributed by atoms with Gasteiger partial charge in [-0.15, -0.1) is 0 Å². The number of halogens is 2. The fraction of sp³-hybridized carbons (Fsp3) is 0.333. The second kappa shape index (κ2) is 4.90. The summed E-state index contributed by atoms with van der Waals surface area (Å²) in [5, 5.41) is 3.31. The van der Waals surface area contributed by atoms with Gasteiger partial charge in [-0.05, 0) is 59.6 Å². The molecule has 1 aromatic carbocycles. The Morgan fingerprint density at radius 2 is 2.00 bits per heavy atom. The van der Waals surface area contributed by atoms with Crippen LogP contribution in [-0.4, -0.2) is 13.1 Å². The molecule has 0 unspecified atom stereocenters. The van der Waals surface area contributed by atoms with E-state index in [-0.39, 0.29) is 5.82 Å². The van der Waals surface area contributed by atoms with Gasteiger partial charge in [0, 0.05) is 0 Å². The van der Waals surface area contributed by atoms with Crippen molar-refractivity contribution in [3.8, 4) is 0 Å². The van der Waals surface area contributed by atoms with E-state index in [1.165, 1.54) is 11.6 Å². The Hall–Kier alpha value is -0.670. The summed E-state index contributed by atoms with van der Waals surface area (Å²) in [5.41, 5.74) is 2.51. The molecule has 2 rings (SSSR count). The summed E-state index contributed by atoms with van der Waals surface area (Å²) in [6.45, 7) is 2.10. The summed E-state index contributed by atoms with van der Waals surface area (Å²) >= 11 is 3.19. The quantitative estimate of drug-likeness (QED) is 0.825. The zero-order valence-corrected chi connectivity index (χ0v) is 9.98. The molecule has 15 heavy (non-hydrogen) atoms. The Balaban J connectivity index is 2.18. The highest BCUT2D eigenvalue weighted by Crippen LogP contribution is 2.20. The minimum atomic E-state index is -0.206. The summed E-state index contributed by atoms with van der Waals surface area (Å²) in [7, 11) is 0. The maximum absolute atomic E-state index is 13.0. The van der Waals surface area contributed by atoms with Gasteiger partial charge < -0.3 is 5.32 Å². The molecule has 1 aromatic rings. The van der Waals surface area contributed by atoms with Crippen molar-refractivity contribution < 1.29 is 4.39 Å². The van der Waals surface area contributed by atoms with Gasteiger partial charge >= 0.3 is 0 Å². The first-order valence-electron chi connectivity index (χ1n) is 5.11. The lowest BCUT2D eigenvalue weighted by atomic mass is 10.0. The molecule has 3 heteroatoms. The van der Waals surface area contributed by atoms with Crippen LogP contribution in [0, 0.1) is 5.82 Å². The molecule has 80 valence electrons. The molecular formula is C12H13BrFN. The van der Waals surface area contributed by atoms with E-state index in [4.69, 9.17) is 0 Å². The van der Waals surface area contributed by atoms with Crippen molar-refractivity contribution >= 4 is 22.0 Å². The van der Waals surface area contributed by atoms with E-state index in [0.717, 1.165) is 31.5 Å². The SMILES string of the molecule is Fc1ccc(C=C2CCNCC2)cc1Br. The third-order valence-electron chi connectivity index (χ3n) is 2.56. The number of benzene rings is 1. The zero-order chi connectivity index (χ0) is 10.7. The molecule has 1 nitrogen and oxygen atoms in total. The first-order valence-corrected chi connectivity index (χ1v) is 5.90. The smallest absolute Gasteiger partial charge is 0.137 e. The Morgan fingerprint density at radius 1 is 1.27 bits per heavy atom. The fourth-order valence-corrected chi connectivity index (χ4v) is 2.13. The Morgan fingerprint density at radius 3 is 2.67 bits per heavy atom. The molecule has 0 amide bonds. The van der Waals surface area contributed by atoms with Crippen LogP contribution in [0.1, 0.15) is 18.4 Å². The van der Waals surface area contributed by atoms with Crippen LogP contribution >= 0.6 is 15.9 Å². The second-order valence-corrected chi connectivity index (χ2v) is 4.58. The van der Waals surface area contributed by atoms with Gasteiger partial charge in [-0.3, -0.25) is 0 Å². The van der Waals surface area contributed by atoms with E-state index < -0.39 is 0 Å². The lowest BCUT2D eigenvalue weighted by Crippen LogP contribution is -2.22. The summed E-state index contributed by atoms with van der Waals surface area (Å²) in [6.07, 6.45) is 4.34. The molecule has 0 bridgehead atoms. The van der Waals surface area contributed by atoms with Gasteiger partial charge in [0.1, 0.15) is 5.82 Å². The van der Waals surface area contributed by atoms with Gasteiger partial charge in [0.2, 0.25) is 0 Å². The van der Waals surface area contributed by atoms with Crippen LogP contribution in [0.2, 0.25) is 0 Å². The summed E-state index contributed by atoms with van der Waals surface area (Å²) in [5.74, 6) is -0.206. The maximum Gasteiger partial charge on any atom is 0.137 e. The van der Waals surface area contributed by atoms with E-state index in [9.17, 15) is 4.39 Å². The third kappa shape index (κ3) is 2.89. The minimum Gasteiger partial charge on any atom is -0.316 e. The molecule has 0 saturated carbocycles. The monoisotopic (exact) mass is 269 g/mol. The number of hydrogen-bond acceptors (Lipinski definition) is 1. The highest BCUT2D eigenvalue weighted by atomic mass is 79.9. The van der Waals surface area contributed by atoms with Crippen LogP contribution in [0.4, 0.5) is 4.39 Å². The lowest BCUT2D eigenvalue weighted by molar-refractivity contribution is 0.613. The molecule has 0 spiro atoms. The number of piperidine rings is 1.